The fourth-order valence-corrected chi connectivity index (χ4v) is 3.14. The van der Waals surface area contributed by atoms with Gasteiger partial charge in [0.15, 0.2) is 0 Å². The average molecular weight is 292 g/mol. The summed E-state index contributed by atoms with van der Waals surface area (Å²) < 4.78 is 5.39. The van der Waals surface area contributed by atoms with Crippen LogP contribution >= 0.6 is 0 Å². The van der Waals surface area contributed by atoms with E-state index in [1.54, 1.807) is 7.11 Å². The van der Waals surface area contributed by atoms with Crippen molar-refractivity contribution in [3.63, 3.8) is 0 Å². The first kappa shape index (κ1) is 18.0. The van der Waals surface area contributed by atoms with Crippen molar-refractivity contribution in [3.8, 4) is 5.75 Å². The van der Waals surface area contributed by atoms with Gasteiger partial charge in [0.2, 0.25) is 0 Å². The quantitative estimate of drug-likeness (QED) is 0.753. The number of hydrogen-bond donors (Lipinski definition) is 1. The monoisotopic (exact) mass is 292 g/mol. The molecule has 0 radical (unpaired) electrons. The van der Waals surface area contributed by atoms with E-state index in [0.717, 1.165) is 37.9 Å². The summed E-state index contributed by atoms with van der Waals surface area (Å²) in [6, 6.07) is 8.60. The summed E-state index contributed by atoms with van der Waals surface area (Å²) in [7, 11) is 5.97. The van der Waals surface area contributed by atoms with Gasteiger partial charge in [-0.1, -0.05) is 45.2 Å². The van der Waals surface area contributed by atoms with Crippen LogP contribution in [0.2, 0.25) is 0 Å². The highest BCUT2D eigenvalue weighted by atomic mass is 16.5. The van der Waals surface area contributed by atoms with Crippen LogP contribution in [0.3, 0.4) is 0 Å². The van der Waals surface area contributed by atoms with Crippen LogP contribution in [-0.2, 0) is 5.54 Å². The van der Waals surface area contributed by atoms with Crippen LogP contribution in [0.4, 0.5) is 0 Å². The second-order valence-corrected chi connectivity index (χ2v) is 6.14. The van der Waals surface area contributed by atoms with Crippen molar-refractivity contribution in [2.24, 2.45) is 5.73 Å². The fourth-order valence-electron chi connectivity index (χ4n) is 3.14. The van der Waals surface area contributed by atoms with E-state index in [4.69, 9.17) is 10.5 Å². The van der Waals surface area contributed by atoms with Gasteiger partial charge >= 0.3 is 0 Å². The Hall–Kier alpha value is -1.06. The molecule has 1 rings (SSSR count). The van der Waals surface area contributed by atoms with Crippen molar-refractivity contribution < 1.29 is 4.74 Å². The molecule has 0 fully saturated rings. The molecule has 0 aliphatic rings. The van der Waals surface area contributed by atoms with E-state index >= 15 is 0 Å². The van der Waals surface area contributed by atoms with Crippen molar-refractivity contribution in [3.05, 3.63) is 29.8 Å². The molecule has 3 nitrogen and oxygen atoms in total. The smallest absolute Gasteiger partial charge is 0.119 e. The Morgan fingerprint density at radius 1 is 1.24 bits per heavy atom. The van der Waals surface area contributed by atoms with Crippen molar-refractivity contribution >= 4 is 0 Å². The van der Waals surface area contributed by atoms with Gasteiger partial charge in [-0.05, 0) is 44.6 Å². The summed E-state index contributed by atoms with van der Waals surface area (Å²) in [5.41, 5.74) is 7.82. The first-order valence-corrected chi connectivity index (χ1v) is 8.09. The zero-order valence-corrected chi connectivity index (χ0v) is 14.4. The fraction of sp³-hybridized carbons (Fsp3) is 0.667. The van der Waals surface area contributed by atoms with E-state index in [0.29, 0.717) is 6.04 Å². The molecule has 0 heterocycles. The third-order valence-corrected chi connectivity index (χ3v) is 4.33. The maximum absolute atomic E-state index is 6.96. The molecule has 3 heteroatoms. The minimum atomic E-state index is -0.329. The molecule has 1 aromatic carbocycles. The van der Waals surface area contributed by atoms with Gasteiger partial charge in [-0.15, -0.1) is 0 Å². The molecule has 0 amide bonds. The highest BCUT2D eigenvalue weighted by Gasteiger charge is 2.37. The van der Waals surface area contributed by atoms with Gasteiger partial charge in [0.05, 0.1) is 12.6 Å². The molecule has 0 aliphatic heterocycles. The highest BCUT2D eigenvalue weighted by molar-refractivity contribution is 5.34. The number of hydrogen-bond acceptors (Lipinski definition) is 3. The van der Waals surface area contributed by atoms with Gasteiger partial charge in [0.1, 0.15) is 5.75 Å². The first-order valence-electron chi connectivity index (χ1n) is 8.09. The van der Waals surface area contributed by atoms with Crippen LogP contribution in [-0.4, -0.2) is 32.1 Å². The predicted octanol–water partition coefficient (Wildman–Crippen LogP) is 3.77. The minimum absolute atomic E-state index is 0.329. The van der Waals surface area contributed by atoms with Crippen LogP contribution < -0.4 is 10.5 Å². The molecule has 0 bridgehead atoms. The number of likely N-dealkylation sites (N-methyl/N-ethyl adjacent to an activating group) is 1. The molecule has 2 atom stereocenters. The molecule has 2 unspecified atom stereocenters. The molecule has 1 aromatic rings. The van der Waals surface area contributed by atoms with E-state index in [9.17, 15) is 0 Å². The van der Waals surface area contributed by atoms with Crippen molar-refractivity contribution in [1.29, 1.82) is 0 Å². The summed E-state index contributed by atoms with van der Waals surface area (Å²) in [6.45, 7) is 4.44. The maximum atomic E-state index is 6.96. The number of rotatable bonds is 9. The van der Waals surface area contributed by atoms with Crippen LogP contribution in [0.1, 0.15) is 51.5 Å². The Morgan fingerprint density at radius 3 is 2.48 bits per heavy atom. The normalized spacial score (nSPS) is 15.8. The lowest BCUT2D eigenvalue weighted by molar-refractivity contribution is 0.152. The standard InChI is InChI=1S/C18H32N2O/c1-6-8-13-18(19,17(10-7-2)20(3)4)15-11-9-12-16(14-15)21-5/h9,11-12,14,17H,6-8,10,13,19H2,1-5H3. The van der Waals surface area contributed by atoms with Gasteiger partial charge in [-0.2, -0.15) is 0 Å². The average Bonchev–Trinajstić information content (AvgIpc) is 2.50. The van der Waals surface area contributed by atoms with Crippen LogP contribution in [0, 0.1) is 0 Å². The number of nitrogens with two attached hydrogens (primary N) is 1. The highest BCUT2D eigenvalue weighted by Crippen LogP contribution is 2.34. The van der Waals surface area contributed by atoms with Crippen LogP contribution in [0.15, 0.2) is 24.3 Å². The van der Waals surface area contributed by atoms with Crippen LogP contribution in [0.25, 0.3) is 0 Å². The third kappa shape index (κ3) is 4.45. The first-order chi connectivity index (χ1) is 9.99. The molecular formula is C18H32N2O. The maximum Gasteiger partial charge on any atom is 0.119 e. The number of unbranched alkanes of at least 4 members (excludes halogenated alkanes) is 1. The number of nitrogens with zero attached hydrogens (tertiary/aromatic N) is 1. The molecule has 2 N–H and O–H groups in total. The Morgan fingerprint density at radius 2 is 1.95 bits per heavy atom. The Bertz CT molecular complexity index is 419. The molecule has 0 aliphatic carbocycles. The lowest BCUT2D eigenvalue weighted by Crippen LogP contribution is -2.54. The molecule has 0 saturated heterocycles. The number of ether oxygens (including phenoxy) is 1. The second kappa shape index (κ2) is 8.40. The zero-order chi connectivity index (χ0) is 15.9. The Labute approximate surface area is 130 Å². The summed E-state index contributed by atoms with van der Waals surface area (Å²) >= 11 is 0. The van der Waals surface area contributed by atoms with Crippen molar-refractivity contribution in [1.82, 2.24) is 4.90 Å². The summed E-state index contributed by atoms with van der Waals surface area (Å²) in [5.74, 6) is 0.882. The molecule has 0 saturated carbocycles. The zero-order valence-electron chi connectivity index (χ0n) is 14.4. The topological polar surface area (TPSA) is 38.5 Å². The summed E-state index contributed by atoms with van der Waals surface area (Å²) in [4.78, 5) is 2.28. The molecule has 0 spiro atoms. The van der Waals surface area contributed by atoms with Crippen molar-refractivity contribution in [2.75, 3.05) is 21.2 Å². The van der Waals surface area contributed by atoms with Gasteiger partial charge in [0, 0.05) is 6.04 Å². The van der Waals surface area contributed by atoms with Gasteiger partial charge in [-0.3, -0.25) is 0 Å². The molecule has 120 valence electrons. The summed E-state index contributed by atoms with van der Waals surface area (Å²) in [6.07, 6.45) is 5.54. The van der Waals surface area contributed by atoms with E-state index in [-0.39, 0.29) is 5.54 Å². The lowest BCUT2D eigenvalue weighted by atomic mass is 9.77. The number of benzene rings is 1. The molecular weight excluding hydrogens is 260 g/mol. The Kier molecular flexibility index (Phi) is 7.20. The van der Waals surface area contributed by atoms with Gasteiger partial charge in [-0.25, -0.2) is 0 Å². The van der Waals surface area contributed by atoms with E-state index in [2.05, 4.69) is 45.0 Å². The van der Waals surface area contributed by atoms with E-state index in [1.165, 1.54) is 5.56 Å². The minimum Gasteiger partial charge on any atom is -0.497 e. The molecule has 0 aromatic heterocycles. The van der Waals surface area contributed by atoms with E-state index < -0.39 is 0 Å². The van der Waals surface area contributed by atoms with Crippen molar-refractivity contribution in [2.45, 2.75) is 57.5 Å². The predicted molar refractivity (Wildman–Crippen MR) is 90.8 cm³/mol. The number of methoxy groups -OCH3 is 1. The van der Waals surface area contributed by atoms with Gasteiger partial charge < -0.3 is 15.4 Å². The van der Waals surface area contributed by atoms with E-state index in [1.807, 2.05) is 12.1 Å². The van der Waals surface area contributed by atoms with Gasteiger partial charge in [0.25, 0.3) is 0 Å². The van der Waals surface area contributed by atoms with Crippen LogP contribution in [0.5, 0.6) is 5.75 Å². The lowest BCUT2D eigenvalue weighted by Gasteiger charge is -2.42. The second-order valence-electron chi connectivity index (χ2n) is 6.14. The Balaban J connectivity index is 3.22. The third-order valence-electron chi connectivity index (χ3n) is 4.33. The summed E-state index contributed by atoms with van der Waals surface area (Å²) in [5, 5.41) is 0. The SMILES string of the molecule is CCCCC(N)(c1cccc(OC)c1)C(CCC)N(C)C. The molecule has 21 heavy (non-hydrogen) atoms. The largest absolute Gasteiger partial charge is 0.497 e.